The molecule has 218 valence electrons. The van der Waals surface area contributed by atoms with Crippen LogP contribution < -0.4 is 16.0 Å². The average Bonchev–Trinajstić information content (AvgIpc) is 2.96. The van der Waals surface area contributed by atoms with Crippen LogP contribution in [-0.2, 0) is 0 Å². The van der Waals surface area contributed by atoms with E-state index in [4.69, 9.17) is 0 Å². The van der Waals surface area contributed by atoms with Crippen LogP contribution in [-0.4, -0.2) is 19.1 Å². The molecule has 0 saturated carbocycles. The molecule has 3 nitrogen and oxygen atoms in total. The fraction of sp³-hybridized carbons (Fsp3) is 0.263. The summed E-state index contributed by atoms with van der Waals surface area (Å²) >= 11 is 0. The second-order valence-electron chi connectivity index (χ2n) is 10.4. The number of hydrogen-bond acceptors (Lipinski definition) is 3. The predicted octanol–water partition coefficient (Wildman–Crippen LogP) is 9.16. The van der Waals surface area contributed by atoms with Gasteiger partial charge in [-0.25, -0.2) is 0 Å². The van der Waals surface area contributed by atoms with Gasteiger partial charge in [0, 0.05) is 30.2 Å². The Hall–Kier alpha value is -4.24. The molecule has 1 atom stereocenters. The Kier molecular flexibility index (Phi) is 14.8. The third-order valence-electron chi connectivity index (χ3n) is 7.41. The van der Waals surface area contributed by atoms with Crippen LogP contribution in [0.1, 0.15) is 47.0 Å². The van der Waals surface area contributed by atoms with Crippen LogP contribution in [0.4, 0.5) is 0 Å². The van der Waals surface area contributed by atoms with E-state index >= 15 is 0 Å². The first-order chi connectivity index (χ1) is 19.4. The molecule has 0 spiro atoms. The molecule has 0 amide bonds. The first kappa shape index (κ1) is 34.8. The second kappa shape index (κ2) is 17.5. The van der Waals surface area contributed by atoms with Crippen LogP contribution in [0.25, 0.3) is 0 Å². The molecule has 1 unspecified atom stereocenters. The van der Waals surface area contributed by atoms with Gasteiger partial charge in [0.1, 0.15) is 0 Å². The summed E-state index contributed by atoms with van der Waals surface area (Å²) in [6.07, 6.45) is 16.5. The number of hydrogen-bond donors (Lipinski definition) is 3. The summed E-state index contributed by atoms with van der Waals surface area (Å²) in [5, 5.41) is 10.5. The zero-order chi connectivity index (χ0) is 31.1. The van der Waals surface area contributed by atoms with Gasteiger partial charge in [-0.05, 0) is 97.6 Å². The molecule has 3 N–H and O–H groups in total. The number of nitrogens with one attached hydrogen (secondary N) is 3. The highest BCUT2D eigenvalue weighted by atomic mass is 14.9. The van der Waals surface area contributed by atoms with E-state index in [1.54, 1.807) is 12.2 Å². The van der Waals surface area contributed by atoms with Crippen molar-refractivity contribution in [3.8, 4) is 0 Å². The van der Waals surface area contributed by atoms with Crippen LogP contribution in [0, 0.1) is 0 Å². The highest BCUT2D eigenvalue weighted by Gasteiger charge is 2.22. The maximum atomic E-state index is 4.25. The Bertz CT molecular complexity index is 1270. The smallest absolute Gasteiger partial charge is 0.0507 e. The fourth-order valence-corrected chi connectivity index (χ4v) is 4.22. The van der Waals surface area contributed by atoms with Crippen molar-refractivity contribution in [2.75, 3.05) is 13.1 Å². The highest BCUT2D eigenvalue weighted by Crippen LogP contribution is 2.35. The molecule has 1 aliphatic carbocycles. The van der Waals surface area contributed by atoms with Gasteiger partial charge in [0.25, 0.3) is 0 Å². The van der Waals surface area contributed by atoms with Crippen molar-refractivity contribution in [1.82, 2.24) is 16.0 Å². The lowest BCUT2D eigenvalue weighted by Gasteiger charge is -2.28. The average molecular weight is 550 g/mol. The SMILES string of the molecule is C=C/C=C/CCCC(NC(=C)/C(C)=C/C(=C)C(=C)NC/C(C)=C(C)/C(=C\C=C)CNC1=C(C)C(=C)C1=C)C(=C)C=C. The van der Waals surface area contributed by atoms with Gasteiger partial charge in [-0.1, -0.05) is 101 Å². The molecule has 0 aromatic heterocycles. The van der Waals surface area contributed by atoms with Gasteiger partial charge in [0.15, 0.2) is 0 Å². The Balaban J connectivity index is 2.79. The van der Waals surface area contributed by atoms with Crippen molar-refractivity contribution in [2.45, 2.75) is 53.0 Å². The lowest BCUT2D eigenvalue weighted by atomic mass is 9.85. The molecule has 0 aromatic carbocycles. The molecule has 41 heavy (non-hydrogen) atoms. The summed E-state index contributed by atoms with van der Waals surface area (Å²) in [5.74, 6) is 0. The van der Waals surface area contributed by atoms with Gasteiger partial charge >= 0.3 is 0 Å². The van der Waals surface area contributed by atoms with Crippen LogP contribution >= 0.6 is 0 Å². The lowest BCUT2D eigenvalue weighted by Crippen LogP contribution is -2.29. The zero-order valence-electron chi connectivity index (χ0n) is 26.0. The predicted molar refractivity (Wildman–Crippen MR) is 184 cm³/mol. The molecule has 1 aliphatic rings. The molecule has 3 heteroatoms. The van der Waals surface area contributed by atoms with Crippen molar-refractivity contribution in [3.05, 3.63) is 169 Å². The van der Waals surface area contributed by atoms with Crippen molar-refractivity contribution in [1.29, 1.82) is 0 Å². The Labute approximate surface area is 250 Å². The van der Waals surface area contributed by atoms with Crippen LogP contribution in [0.15, 0.2) is 169 Å². The second-order valence-corrected chi connectivity index (χ2v) is 10.4. The summed E-state index contributed by atoms with van der Waals surface area (Å²) in [7, 11) is 0. The van der Waals surface area contributed by atoms with Gasteiger partial charge in [0.2, 0.25) is 0 Å². The monoisotopic (exact) mass is 549 g/mol. The Morgan fingerprint density at radius 2 is 1.59 bits per heavy atom. The van der Waals surface area contributed by atoms with Gasteiger partial charge < -0.3 is 16.0 Å². The Morgan fingerprint density at radius 1 is 0.902 bits per heavy atom. The van der Waals surface area contributed by atoms with E-state index in [0.717, 1.165) is 64.2 Å². The minimum atomic E-state index is 0.0690. The fourth-order valence-electron chi connectivity index (χ4n) is 4.22. The van der Waals surface area contributed by atoms with Gasteiger partial charge in [0.05, 0.1) is 6.04 Å². The van der Waals surface area contributed by atoms with Gasteiger partial charge in [-0.15, -0.1) is 0 Å². The maximum absolute atomic E-state index is 4.25. The quantitative estimate of drug-likeness (QED) is 0.105. The van der Waals surface area contributed by atoms with Crippen molar-refractivity contribution in [2.24, 2.45) is 0 Å². The van der Waals surface area contributed by atoms with Crippen LogP contribution in [0.5, 0.6) is 0 Å². The highest BCUT2D eigenvalue weighted by molar-refractivity contribution is 5.66. The molecule has 0 saturated heterocycles. The van der Waals surface area contributed by atoms with Crippen LogP contribution in [0.2, 0.25) is 0 Å². The zero-order valence-corrected chi connectivity index (χ0v) is 26.0. The van der Waals surface area contributed by atoms with E-state index in [1.165, 1.54) is 22.3 Å². The maximum Gasteiger partial charge on any atom is 0.0507 e. The van der Waals surface area contributed by atoms with E-state index < -0.39 is 0 Å². The first-order valence-electron chi connectivity index (χ1n) is 14.1. The van der Waals surface area contributed by atoms with Gasteiger partial charge in [-0.3, -0.25) is 0 Å². The number of rotatable bonds is 20. The van der Waals surface area contributed by atoms with Crippen molar-refractivity contribution >= 4 is 0 Å². The largest absolute Gasteiger partial charge is 0.381 e. The molecule has 0 fully saturated rings. The first-order valence-corrected chi connectivity index (χ1v) is 14.1. The minimum Gasteiger partial charge on any atom is -0.381 e. The molecule has 0 radical (unpaired) electrons. The summed E-state index contributed by atoms with van der Waals surface area (Å²) < 4.78 is 0. The normalized spacial score (nSPS) is 15.0. The summed E-state index contributed by atoms with van der Waals surface area (Å²) in [5.41, 5.74) is 12.2. The summed E-state index contributed by atoms with van der Waals surface area (Å²) in [6.45, 7) is 46.2. The molecule has 0 aliphatic heterocycles. The summed E-state index contributed by atoms with van der Waals surface area (Å²) in [4.78, 5) is 0. The van der Waals surface area contributed by atoms with E-state index in [2.05, 4.69) is 102 Å². The number of allylic oxidation sites excluding steroid dienone is 9. The minimum absolute atomic E-state index is 0.0690. The molecule has 1 rings (SSSR count). The molecule has 0 aromatic rings. The van der Waals surface area contributed by atoms with Crippen molar-refractivity contribution < 1.29 is 0 Å². The van der Waals surface area contributed by atoms with Gasteiger partial charge in [-0.2, -0.15) is 0 Å². The van der Waals surface area contributed by atoms with Crippen LogP contribution in [0.3, 0.4) is 0 Å². The topological polar surface area (TPSA) is 36.1 Å². The van der Waals surface area contributed by atoms with E-state index in [0.29, 0.717) is 13.1 Å². The lowest BCUT2D eigenvalue weighted by molar-refractivity contribution is 0.580. The van der Waals surface area contributed by atoms with E-state index in [1.807, 2.05) is 31.2 Å². The molecule has 0 bridgehead atoms. The standard InChI is InChI=1S/C38H51N3/c1-14-17-18-19-20-22-37(26(4)16-3)41-35(13)28(6)23-27(5)34(12)39-24-29(7)30(8)36(21-15-2)25-40-38-32(10)31(9)33(38)11/h14-18,21,23,37,39-41H,1-5,9-10,12-13,19-20,22,24-25H2,6-8,11H3/b18-17+,28-23+,30-29+,36-21-. The third kappa shape index (κ3) is 10.7. The number of unbranched alkanes of at least 4 members (excludes halogenated alkanes) is 1. The summed E-state index contributed by atoms with van der Waals surface area (Å²) in [6, 6.07) is 0.0690. The third-order valence-corrected chi connectivity index (χ3v) is 7.41. The molecule has 0 heterocycles. The van der Waals surface area contributed by atoms with E-state index in [-0.39, 0.29) is 6.04 Å². The van der Waals surface area contributed by atoms with E-state index in [9.17, 15) is 0 Å². The Morgan fingerprint density at radius 3 is 2.17 bits per heavy atom. The molecular weight excluding hydrogens is 498 g/mol. The van der Waals surface area contributed by atoms with Crippen molar-refractivity contribution in [3.63, 3.8) is 0 Å². The molecular formula is C38H51N3.